The fraction of sp³-hybridized carbons (Fsp3) is 0.500. The lowest BCUT2D eigenvalue weighted by molar-refractivity contribution is -0.144. The molecule has 2 aliphatic carbocycles. The zero-order chi connectivity index (χ0) is 23.9. The summed E-state index contributed by atoms with van der Waals surface area (Å²) in [5.41, 5.74) is 2.06. The normalized spacial score (nSPS) is 27.4. The average molecular weight is 467 g/mol. The Morgan fingerprint density at radius 3 is 1.53 bits per heavy atom. The minimum Gasteiger partial charge on any atom is -0.494 e. The summed E-state index contributed by atoms with van der Waals surface area (Å²) >= 11 is 0. The third-order valence-electron chi connectivity index (χ3n) is 6.62. The Labute approximate surface area is 201 Å². The topological polar surface area (TPSA) is 71.1 Å². The Kier molecular flexibility index (Phi) is 8.09. The number of hydrogen-bond acceptors (Lipinski definition) is 6. The van der Waals surface area contributed by atoms with Crippen molar-refractivity contribution in [2.75, 3.05) is 13.2 Å². The summed E-state index contributed by atoms with van der Waals surface area (Å²) in [6.45, 7) is 5.25. The van der Waals surface area contributed by atoms with Gasteiger partial charge in [0.1, 0.15) is 23.7 Å². The molecule has 4 rings (SSSR count). The lowest BCUT2D eigenvalue weighted by atomic mass is 9.88. The van der Waals surface area contributed by atoms with Crippen LogP contribution in [0.25, 0.3) is 0 Å². The molecule has 0 amide bonds. The van der Waals surface area contributed by atoms with Gasteiger partial charge in [0.15, 0.2) is 0 Å². The van der Waals surface area contributed by atoms with Crippen LogP contribution in [0.5, 0.6) is 0 Å². The number of esters is 2. The van der Waals surface area contributed by atoms with Crippen LogP contribution >= 0.6 is 0 Å². The van der Waals surface area contributed by atoms with Crippen LogP contribution in [0.4, 0.5) is 0 Å². The second kappa shape index (κ2) is 11.4. The number of allylic oxidation sites excluding steroid dienone is 2. The Balaban J connectivity index is 1.03. The molecule has 0 saturated carbocycles. The van der Waals surface area contributed by atoms with Gasteiger partial charge in [-0.15, -0.1) is 0 Å². The molecule has 34 heavy (non-hydrogen) atoms. The highest BCUT2D eigenvalue weighted by Gasteiger charge is 2.31. The van der Waals surface area contributed by atoms with Crippen molar-refractivity contribution >= 4 is 11.9 Å². The average Bonchev–Trinajstić information content (AvgIpc) is 2.79. The predicted octanol–water partition coefficient (Wildman–Crippen LogP) is 5.24. The number of ether oxygens (including phenoxy) is 4. The third kappa shape index (κ3) is 6.31. The van der Waals surface area contributed by atoms with Gasteiger partial charge in [-0.3, -0.25) is 0 Å². The molecule has 6 heteroatoms. The van der Waals surface area contributed by atoms with Crippen molar-refractivity contribution in [3.05, 3.63) is 71.3 Å². The molecule has 0 bridgehead atoms. The van der Waals surface area contributed by atoms with Crippen molar-refractivity contribution in [2.24, 2.45) is 11.8 Å². The maximum Gasteiger partial charge on any atom is 0.331 e. The second-order valence-corrected chi connectivity index (χ2v) is 9.31. The standard InChI is InChI=1S/C28H34O6/c1-19-15-27(29)33-25-17-21(9-11-23(19)25)31-13-7-5-3-4-6-8-14-32-22-10-12-24-20(2)16-28(30)34-26(24)18-22/h9-12,15-18,23-26H,3-8,13-14H2,1-2H3/t23-,24-,25-,26+/m1/s1. The smallest absolute Gasteiger partial charge is 0.331 e. The van der Waals surface area contributed by atoms with E-state index in [1.54, 1.807) is 12.2 Å². The second-order valence-electron chi connectivity index (χ2n) is 9.31. The van der Waals surface area contributed by atoms with E-state index in [0.717, 1.165) is 48.3 Å². The molecule has 0 radical (unpaired) electrons. The van der Waals surface area contributed by atoms with Gasteiger partial charge >= 0.3 is 11.9 Å². The Hall–Kier alpha value is -3.02. The van der Waals surface area contributed by atoms with Gasteiger partial charge < -0.3 is 18.9 Å². The maximum absolute atomic E-state index is 11.6. The summed E-state index contributed by atoms with van der Waals surface area (Å²) < 4.78 is 22.5. The first-order chi connectivity index (χ1) is 16.5. The minimum absolute atomic E-state index is 0.127. The van der Waals surface area contributed by atoms with Crippen molar-refractivity contribution in [3.63, 3.8) is 0 Å². The van der Waals surface area contributed by atoms with Gasteiger partial charge in [-0.1, -0.05) is 49.0 Å². The predicted molar refractivity (Wildman–Crippen MR) is 128 cm³/mol. The van der Waals surface area contributed by atoms with Gasteiger partial charge in [-0.25, -0.2) is 9.59 Å². The van der Waals surface area contributed by atoms with E-state index in [1.807, 2.05) is 38.2 Å². The lowest BCUT2D eigenvalue weighted by Gasteiger charge is -2.29. The first-order valence-corrected chi connectivity index (χ1v) is 12.3. The fourth-order valence-corrected chi connectivity index (χ4v) is 4.68. The van der Waals surface area contributed by atoms with Gasteiger partial charge in [-0.05, 0) is 51.0 Å². The maximum atomic E-state index is 11.6. The molecule has 0 unspecified atom stereocenters. The van der Waals surface area contributed by atoms with Crippen LogP contribution in [-0.2, 0) is 28.5 Å². The van der Waals surface area contributed by atoms with Crippen LogP contribution < -0.4 is 0 Å². The van der Waals surface area contributed by atoms with Gasteiger partial charge in [0.25, 0.3) is 0 Å². The molecule has 0 spiro atoms. The lowest BCUT2D eigenvalue weighted by Crippen LogP contribution is -2.31. The highest BCUT2D eigenvalue weighted by Crippen LogP contribution is 2.31. The molecule has 0 aromatic rings. The molecule has 0 N–H and O–H groups in total. The molecule has 4 atom stereocenters. The van der Waals surface area contributed by atoms with E-state index in [-0.39, 0.29) is 36.0 Å². The first kappa shape index (κ1) is 24.1. The van der Waals surface area contributed by atoms with Crippen molar-refractivity contribution in [1.29, 1.82) is 0 Å². The van der Waals surface area contributed by atoms with Gasteiger partial charge in [-0.2, -0.15) is 0 Å². The summed E-state index contributed by atoms with van der Waals surface area (Å²) in [7, 11) is 0. The molecule has 6 nitrogen and oxygen atoms in total. The monoisotopic (exact) mass is 466 g/mol. The summed E-state index contributed by atoms with van der Waals surface area (Å²) in [6, 6.07) is 0. The van der Waals surface area contributed by atoms with Crippen LogP contribution in [-0.4, -0.2) is 37.4 Å². The van der Waals surface area contributed by atoms with Crippen molar-refractivity contribution in [3.8, 4) is 0 Å². The number of carbonyl (C=O) groups excluding carboxylic acids is 2. The summed E-state index contributed by atoms with van der Waals surface area (Å²) in [6.07, 6.45) is 21.1. The number of unbranched alkanes of at least 4 members (excludes halogenated alkanes) is 5. The molecule has 0 aromatic carbocycles. The molecular formula is C28H34O6. The minimum atomic E-state index is -0.280. The zero-order valence-corrected chi connectivity index (χ0v) is 20.0. The third-order valence-corrected chi connectivity index (χ3v) is 6.62. The van der Waals surface area contributed by atoms with Crippen LogP contribution in [0, 0.1) is 11.8 Å². The number of rotatable bonds is 11. The Morgan fingerprint density at radius 1 is 0.676 bits per heavy atom. The summed E-state index contributed by atoms with van der Waals surface area (Å²) in [4.78, 5) is 23.2. The molecule has 2 aliphatic heterocycles. The van der Waals surface area contributed by atoms with Crippen molar-refractivity contribution in [2.45, 2.75) is 64.6 Å². The summed E-state index contributed by atoms with van der Waals surface area (Å²) in [5.74, 6) is 1.26. The van der Waals surface area contributed by atoms with E-state index in [9.17, 15) is 9.59 Å². The first-order valence-electron chi connectivity index (χ1n) is 12.3. The molecule has 4 aliphatic rings. The number of carbonyl (C=O) groups is 2. The summed E-state index contributed by atoms with van der Waals surface area (Å²) in [5, 5.41) is 0. The molecular weight excluding hydrogens is 432 g/mol. The van der Waals surface area contributed by atoms with Gasteiger partial charge in [0.05, 0.1) is 13.2 Å². The largest absolute Gasteiger partial charge is 0.494 e. The highest BCUT2D eigenvalue weighted by atomic mass is 16.6. The van der Waals surface area contributed by atoms with E-state index < -0.39 is 0 Å². The Bertz CT molecular complexity index is 885. The van der Waals surface area contributed by atoms with E-state index in [1.165, 1.54) is 12.8 Å². The van der Waals surface area contributed by atoms with Crippen molar-refractivity contribution in [1.82, 2.24) is 0 Å². The van der Waals surface area contributed by atoms with E-state index in [4.69, 9.17) is 18.9 Å². The van der Waals surface area contributed by atoms with Crippen LogP contribution in [0.15, 0.2) is 71.3 Å². The van der Waals surface area contributed by atoms with E-state index in [2.05, 4.69) is 12.2 Å². The van der Waals surface area contributed by atoms with Crippen LogP contribution in [0.1, 0.15) is 52.4 Å². The SMILES string of the molecule is CC1=CC(=O)O[C@H]2C=C(OCCCCCCCCOC3=C[C@H]4OC(=O)C=C(C)[C@H]4C=C3)C=C[C@H]12. The molecule has 0 aromatic heterocycles. The quantitative estimate of drug-likeness (QED) is 0.306. The van der Waals surface area contributed by atoms with E-state index in [0.29, 0.717) is 13.2 Å². The van der Waals surface area contributed by atoms with Gasteiger partial charge in [0.2, 0.25) is 0 Å². The molecule has 2 heterocycles. The Morgan fingerprint density at radius 2 is 1.09 bits per heavy atom. The number of hydrogen-bond donors (Lipinski definition) is 0. The van der Waals surface area contributed by atoms with Crippen LogP contribution in [0.2, 0.25) is 0 Å². The highest BCUT2D eigenvalue weighted by molar-refractivity contribution is 5.85. The molecule has 182 valence electrons. The van der Waals surface area contributed by atoms with E-state index >= 15 is 0 Å². The number of fused-ring (bicyclic) bond motifs is 2. The molecule has 0 fully saturated rings. The fourth-order valence-electron chi connectivity index (χ4n) is 4.68. The zero-order valence-electron chi connectivity index (χ0n) is 20.0. The van der Waals surface area contributed by atoms with Gasteiger partial charge in [0, 0.05) is 24.0 Å². The molecule has 0 saturated heterocycles. The van der Waals surface area contributed by atoms with Crippen LogP contribution in [0.3, 0.4) is 0 Å². The van der Waals surface area contributed by atoms with Crippen molar-refractivity contribution < 1.29 is 28.5 Å².